The third-order valence-corrected chi connectivity index (χ3v) is 3.95. The van der Waals surface area contributed by atoms with Gasteiger partial charge in [-0.3, -0.25) is 4.79 Å². The van der Waals surface area contributed by atoms with Gasteiger partial charge in [0, 0.05) is 22.9 Å². The molecule has 0 unspecified atom stereocenters. The Morgan fingerprint density at radius 2 is 1.65 bits per heavy atom. The molecule has 0 radical (unpaired) electrons. The standard InChI is InChI=1S/C18H13NO/c20-18-11-9-13-14(5-3-6-15(13)18)17-10-8-12-4-1-2-7-16(12)19-17/h1-8,10H,9,11H2. The Morgan fingerprint density at radius 1 is 0.800 bits per heavy atom. The number of fused-ring (bicyclic) bond motifs is 2. The average molecular weight is 259 g/mol. The summed E-state index contributed by atoms with van der Waals surface area (Å²) >= 11 is 0. The molecule has 0 saturated carbocycles. The molecule has 0 N–H and O–H groups in total. The molecule has 1 aliphatic carbocycles. The number of hydrogen-bond acceptors (Lipinski definition) is 2. The van der Waals surface area contributed by atoms with E-state index in [4.69, 9.17) is 4.98 Å². The van der Waals surface area contributed by atoms with Crippen molar-refractivity contribution in [2.24, 2.45) is 0 Å². The second kappa shape index (κ2) is 4.27. The van der Waals surface area contributed by atoms with Crippen LogP contribution in [0.1, 0.15) is 22.3 Å². The number of hydrogen-bond donors (Lipinski definition) is 0. The van der Waals surface area contributed by atoms with Crippen LogP contribution in [0.15, 0.2) is 54.6 Å². The summed E-state index contributed by atoms with van der Waals surface area (Å²) in [7, 11) is 0. The van der Waals surface area contributed by atoms with Crippen LogP contribution in [0.25, 0.3) is 22.2 Å². The number of pyridine rings is 1. The van der Waals surface area contributed by atoms with Crippen LogP contribution in [-0.2, 0) is 6.42 Å². The summed E-state index contributed by atoms with van der Waals surface area (Å²) in [5.41, 5.74) is 5.07. The maximum Gasteiger partial charge on any atom is 0.163 e. The molecule has 1 aliphatic rings. The summed E-state index contributed by atoms with van der Waals surface area (Å²) in [4.78, 5) is 16.6. The smallest absolute Gasteiger partial charge is 0.163 e. The normalized spacial score (nSPS) is 13.7. The Bertz CT molecular complexity index is 836. The van der Waals surface area contributed by atoms with Gasteiger partial charge >= 0.3 is 0 Å². The van der Waals surface area contributed by atoms with Gasteiger partial charge in [0.15, 0.2) is 5.78 Å². The van der Waals surface area contributed by atoms with Gasteiger partial charge in [-0.15, -0.1) is 0 Å². The molecule has 2 aromatic carbocycles. The minimum Gasteiger partial charge on any atom is -0.294 e. The molecule has 0 aliphatic heterocycles. The van der Waals surface area contributed by atoms with Gasteiger partial charge in [-0.25, -0.2) is 4.98 Å². The van der Waals surface area contributed by atoms with Crippen LogP contribution in [0.2, 0.25) is 0 Å². The van der Waals surface area contributed by atoms with Crippen molar-refractivity contribution in [3.8, 4) is 11.3 Å². The molecule has 0 bridgehead atoms. The Hall–Kier alpha value is -2.48. The van der Waals surface area contributed by atoms with Gasteiger partial charge in [0.1, 0.15) is 0 Å². The van der Waals surface area contributed by atoms with E-state index in [2.05, 4.69) is 18.2 Å². The van der Waals surface area contributed by atoms with E-state index >= 15 is 0 Å². The SMILES string of the molecule is O=C1CCc2c1cccc2-c1ccc2ccccc2n1. The van der Waals surface area contributed by atoms with E-state index in [1.165, 1.54) is 0 Å². The fraction of sp³-hybridized carbons (Fsp3) is 0.111. The van der Waals surface area contributed by atoms with Crippen molar-refractivity contribution >= 4 is 16.7 Å². The minimum atomic E-state index is 0.252. The van der Waals surface area contributed by atoms with E-state index < -0.39 is 0 Å². The fourth-order valence-electron chi connectivity index (χ4n) is 2.95. The van der Waals surface area contributed by atoms with Gasteiger partial charge in [-0.2, -0.15) is 0 Å². The van der Waals surface area contributed by atoms with Crippen molar-refractivity contribution in [3.05, 3.63) is 65.7 Å². The summed E-state index contributed by atoms with van der Waals surface area (Å²) in [5.74, 6) is 0.252. The van der Waals surface area contributed by atoms with Gasteiger partial charge in [0.25, 0.3) is 0 Å². The molecule has 1 heterocycles. The molecule has 3 aromatic rings. The molecular formula is C18H13NO. The lowest BCUT2D eigenvalue weighted by atomic mass is 10.00. The fourth-order valence-corrected chi connectivity index (χ4v) is 2.95. The highest BCUT2D eigenvalue weighted by atomic mass is 16.1. The number of carbonyl (C=O) groups is 1. The number of Topliss-reactive ketones (excluding diaryl/α,β-unsaturated/α-hetero) is 1. The molecular weight excluding hydrogens is 246 g/mol. The number of nitrogens with zero attached hydrogens (tertiary/aromatic N) is 1. The molecule has 0 amide bonds. The molecule has 1 aromatic heterocycles. The van der Waals surface area contributed by atoms with Crippen LogP contribution in [0.4, 0.5) is 0 Å². The van der Waals surface area contributed by atoms with Gasteiger partial charge < -0.3 is 0 Å². The quantitative estimate of drug-likeness (QED) is 0.660. The molecule has 0 atom stereocenters. The monoisotopic (exact) mass is 259 g/mol. The highest BCUT2D eigenvalue weighted by Crippen LogP contribution is 2.32. The van der Waals surface area contributed by atoms with Crippen molar-refractivity contribution < 1.29 is 4.79 Å². The van der Waals surface area contributed by atoms with Crippen molar-refractivity contribution in [2.75, 3.05) is 0 Å². The molecule has 20 heavy (non-hydrogen) atoms. The van der Waals surface area contributed by atoms with Crippen LogP contribution in [0.3, 0.4) is 0 Å². The van der Waals surface area contributed by atoms with E-state index in [9.17, 15) is 4.79 Å². The first-order chi connectivity index (χ1) is 9.83. The van der Waals surface area contributed by atoms with Crippen molar-refractivity contribution in [1.29, 1.82) is 0 Å². The molecule has 2 heteroatoms. The first-order valence-corrected chi connectivity index (χ1v) is 6.84. The summed E-state index contributed by atoms with van der Waals surface area (Å²) in [6.45, 7) is 0. The van der Waals surface area contributed by atoms with E-state index in [0.29, 0.717) is 6.42 Å². The van der Waals surface area contributed by atoms with E-state index in [1.807, 2.05) is 36.4 Å². The van der Waals surface area contributed by atoms with Gasteiger partial charge in [0.2, 0.25) is 0 Å². The zero-order chi connectivity index (χ0) is 13.5. The Balaban J connectivity index is 1.94. The maximum atomic E-state index is 11.8. The van der Waals surface area contributed by atoms with Crippen LogP contribution < -0.4 is 0 Å². The Morgan fingerprint density at radius 3 is 2.60 bits per heavy atom. The zero-order valence-electron chi connectivity index (χ0n) is 11.0. The van der Waals surface area contributed by atoms with Crippen molar-refractivity contribution in [1.82, 2.24) is 4.98 Å². The molecule has 0 saturated heterocycles. The largest absolute Gasteiger partial charge is 0.294 e. The first kappa shape index (κ1) is 11.4. The third-order valence-electron chi connectivity index (χ3n) is 3.95. The highest BCUT2D eigenvalue weighted by molar-refractivity contribution is 6.02. The van der Waals surface area contributed by atoms with Crippen molar-refractivity contribution in [3.63, 3.8) is 0 Å². The second-order valence-corrected chi connectivity index (χ2v) is 5.14. The highest BCUT2D eigenvalue weighted by Gasteiger charge is 2.22. The molecule has 2 nitrogen and oxygen atoms in total. The molecule has 0 fully saturated rings. The van der Waals surface area contributed by atoms with E-state index in [1.54, 1.807) is 0 Å². The van der Waals surface area contributed by atoms with Crippen LogP contribution >= 0.6 is 0 Å². The third kappa shape index (κ3) is 1.65. The van der Waals surface area contributed by atoms with Gasteiger partial charge in [-0.1, -0.05) is 42.5 Å². The summed E-state index contributed by atoms with van der Waals surface area (Å²) in [6.07, 6.45) is 1.46. The number of rotatable bonds is 1. The lowest BCUT2D eigenvalue weighted by Crippen LogP contribution is -1.93. The van der Waals surface area contributed by atoms with E-state index in [0.717, 1.165) is 39.7 Å². The number of carbonyl (C=O) groups excluding carboxylic acids is 1. The number of benzene rings is 2. The Labute approximate surface area is 117 Å². The summed E-state index contributed by atoms with van der Waals surface area (Å²) < 4.78 is 0. The van der Waals surface area contributed by atoms with Crippen molar-refractivity contribution in [2.45, 2.75) is 12.8 Å². The lowest BCUT2D eigenvalue weighted by molar-refractivity contribution is 0.0994. The predicted molar refractivity (Wildman–Crippen MR) is 79.8 cm³/mol. The van der Waals surface area contributed by atoms with Gasteiger partial charge in [0.05, 0.1) is 11.2 Å². The van der Waals surface area contributed by atoms with Crippen LogP contribution in [0, 0.1) is 0 Å². The Kier molecular flexibility index (Phi) is 2.43. The molecule has 4 rings (SSSR count). The second-order valence-electron chi connectivity index (χ2n) is 5.14. The van der Waals surface area contributed by atoms with Crippen LogP contribution in [0.5, 0.6) is 0 Å². The maximum absolute atomic E-state index is 11.8. The minimum absolute atomic E-state index is 0.252. The number of para-hydroxylation sites is 1. The number of aromatic nitrogens is 1. The topological polar surface area (TPSA) is 30.0 Å². The predicted octanol–water partition coefficient (Wildman–Crippen LogP) is 4.03. The van der Waals surface area contributed by atoms with Crippen LogP contribution in [-0.4, -0.2) is 10.8 Å². The van der Waals surface area contributed by atoms with E-state index in [-0.39, 0.29) is 5.78 Å². The summed E-state index contributed by atoms with van der Waals surface area (Å²) in [6, 6.07) is 18.2. The zero-order valence-corrected chi connectivity index (χ0v) is 11.0. The molecule has 96 valence electrons. The molecule has 0 spiro atoms. The first-order valence-electron chi connectivity index (χ1n) is 6.84. The summed E-state index contributed by atoms with van der Waals surface area (Å²) in [5, 5.41) is 1.14. The average Bonchev–Trinajstić information content (AvgIpc) is 2.88. The lowest BCUT2D eigenvalue weighted by Gasteiger charge is -2.08. The van der Waals surface area contributed by atoms with Gasteiger partial charge in [-0.05, 0) is 24.1 Å². The number of ketones is 1.